The number of carboxylic acids is 1. The van der Waals surface area contributed by atoms with Gasteiger partial charge in [0.15, 0.2) is 0 Å². The summed E-state index contributed by atoms with van der Waals surface area (Å²) >= 11 is 0. The molecule has 2 aromatic carbocycles. The Hall–Kier alpha value is -2.82. The number of carboxylic acid groups (broad SMARTS) is 1. The van der Waals surface area contributed by atoms with Crippen LogP contribution in [0.2, 0.25) is 0 Å². The Balaban J connectivity index is 2.09. The van der Waals surface area contributed by atoms with Crippen LogP contribution in [0.4, 0.5) is 11.4 Å². The average molecular weight is 298 g/mol. The monoisotopic (exact) mass is 298 g/mol. The van der Waals surface area contributed by atoms with Gasteiger partial charge in [0.2, 0.25) is 5.91 Å². The van der Waals surface area contributed by atoms with Crippen LogP contribution in [0.5, 0.6) is 0 Å². The van der Waals surface area contributed by atoms with Gasteiger partial charge in [-0.3, -0.25) is 9.59 Å². The molecule has 1 amide bonds. The molecule has 0 bridgehead atoms. The molecule has 114 valence electrons. The second kappa shape index (κ2) is 7.26. The molecule has 5 heteroatoms. The minimum Gasteiger partial charge on any atom is -0.481 e. The summed E-state index contributed by atoms with van der Waals surface area (Å²) < 4.78 is 0. The van der Waals surface area contributed by atoms with Crippen molar-refractivity contribution >= 4 is 23.3 Å². The molecule has 0 heterocycles. The van der Waals surface area contributed by atoms with Gasteiger partial charge in [-0.1, -0.05) is 35.9 Å². The molecule has 22 heavy (non-hydrogen) atoms. The van der Waals surface area contributed by atoms with Gasteiger partial charge in [-0.2, -0.15) is 0 Å². The number of anilines is 2. The number of carbonyl (C=O) groups is 2. The number of hydrogen-bond donors (Lipinski definition) is 3. The standard InChI is InChI=1S/C17H18N2O3/c1-12-7-9-14(10-8-12)18-15(11-16(20)21)17(22)19-13-5-3-2-4-6-13/h2-10,15,18H,11H2,1H3,(H,19,22)(H,20,21). The summed E-state index contributed by atoms with van der Waals surface area (Å²) in [4.78, 5) is 23.3. The lowest BCUT2D eigenvalue weighted by molar-refractivity contribution is -0.138. The molecule has 2 aromatic rings. The van der Waals surface area contributed by atoms with Gasteiger partial charge in [-0.05, 0) is 31.2 Å². The van der Waals surface area contributed by atoms with Crippen LogP contribution in [0.15, 0.2) is 54.6 Å². The van der Waals surface area contributed by atoms with Gasteiger partial charge in [-0.15, -0.1) is 0 Å². The Bertz CT molecular complexity index is 639. The number of aliphatic carboxylic acids is 1. The number of aryl methyl sites for hydroxylation is 1. The molecule has 2 rings (SSSR count). The van der Waals surface area contributed by atoms with Crippen molar-refractivity contribution < 1.29 is 14.7 Å². The minimum absolute atomic E-state index is 0.299. The maximum atomic E-state index is 12.3. The Morgan fingerprint density at radius 2 is 1.64 bits per heavy atom. The van der Waals surface area contributed by atoms with E-state index in [0.29, 0.717) is 11.4 Å². The maximum absolute atomic E-state index is 12.3. The van der Waals surface area contributed by atoms with E-state index in [4.69, 9.17) is 5.11 Å². The molecular formula is C17H18N2O3. The van der Waals surface area contributed by atoms with Gasteiger partial charge in [-0.25, -0.2) is 0 Å². The van der Waals surface area contributed by atoms with E-state index >= 15 is 0 Å². The first kappa shape index (κ1) is 15.6. The lowest BCUT2D eigenvalue weighted by Gasteiger charge is -2.18. The predicted octanol–water partition coefficient (Wildman–Crippen LogP) is 2.89. The Labute approximate surface area is 129 Å². The topological polar surface area (TPSA) is 78.4 Å². The van der Waals surface area contributed by atoms with Crippen LogP contribution in [-0.2, 0) is 9.59 Å². The van der Waals surface area contributed by atoms with Gasteiger partial charge in [0.05, 0.1) is 6.42 Å². The third kappa shape index (κ3) is 4.63. The summed E-state index contributed by atoms with van der Waals surface area (Å²) in [5, 5.41) is 14.7. The molecule has 0 aromatic heterocycles. The molecule has 0 saturated heterocycles. The third-order valence-corrected chi connectivity index (χ3v) is 3.13. The Morgan fingerprint density at radius 3 is 2.23 bits per heavy atom. The van der Waals surface area contributed by atoms with Gasteiger partial charge in [0, 0.05) is 11.4 Å². The molecule has 0 radical (unpaired) electrons. The van der Waals surface area contributed by atoms with E-state index in [9.17, 15) is 9.59 Å². The van der Waals surface area contributed by atoms with Crippen molar-refractivity contribution in [3.8, 4) is 0 Å². The number of para-hydroxylation sites is 1. The van der Waals surface area contributed by atoms with E-state index in [1.165, 1.54) is 0 Å². The largest absolute Gasteiger partial charge is 0.481 e. The van der Waals surface area contributed by atoms with Crippen LogP contribution in [0.1, 0.15) is 12.0 Å². The SMILES string of the molecule is Cc1ccc(NC(CC(=O)O)C(=O)Nc2ccccc2)cc1. The number of rotatable bonds is 6. The molecule has 5 nitrogen and oxygen atoms in total. The molecule has 0 aliphatic carbocycles. The van der Waals surface area contributed by atoms with Crippen molar-refractivity contribution in [1.29, 1.82) is 0 Å². The zero-order chi connectivity index (χ0) is 15.9. The number of amides is 1. The zero-order valence-corrected chi connectivity index (χ0v) is 12.2. The van der Waals surface area contributed by atoms with Crippen LogP contribution in [-0.4, -0.2) is 23.0 Å². The molecule has 0 aliphatic heterocycles. The van der Waals surface area contributed by atoms with Crippen LogP contribution in [0, 0.1) is 6.92 Å². The van der Waals surface area contributed by atoms with Crippen molar-refractivity contribution in [3.05, 3.63) is 60.2 Å². The van der Waals surface area contributed by atoms with Crippen molar-refractivity contribution in [1.82, 2.24) is 0 Å². The number of carbonyl (C=O) groups excluding carboxylic acids is 1. The summed E-state index contributed by atoms with van der Waals surface area (Å²) in [5.41, 5.74) is 2.43. The fourth-order valence-corrected chi connectivity index (χ4v) is 1.99. The maximum Gasteiger partial charge on any atom is 0.305 e. The van der Waals surface area contributed by atoms with Crippen LogP contribution in [0.3, 0.4) is 0 Å². The fourth-order valence-electron chi connectivity index (χ4n) is 1.99. The first-order chi connectivity index (χ1) is 10.5. The highest BCUT2D eigenvalue weighted by Crippen LogP contribution is 2.13. The quantitative estimate of drug-likeness (QED) is 0.766. The summed E-state index contributed by atoms with van der Waals surface area (Å²) in [6, 6.07) is 15.5. The van der Waals surface area contributed by atoms with Crippen molar-refractivity contribution in [2.45, 2.75) is 19.4 Å². The molecule has 3 N–H and O–H groups in total. The molecule has 1 atom stereocenters. The van der Waals surface area contributed by atoms with E-state index in [1.807, 2.05) is 37.3 Å². The number of hydrogen-bond acceptors (Lipinski definition) is 3. The van der Waals surface area contributed by atoms with E-state index in [2.05, 4.69) is 10.6 Å². The predicted molar refractivity (Wildman–Crippen MR) is 85.9 cm³/mol. The number of benzene rings is 2. The average Bonchev–Trinajstić information content (AvgIpc) is 2.49. The molecule has 0 fully saturated rings. The molecular weight excluding hydrogens is 280 g/mol. The first-order valence-electron chi connectivity index (χ1n) is 6.95. The lowest BCUT2D eigenvalue weighted by atomic mass is 10.1. The third-order valence-electron chi connectivity index (χ3n) is 3.13. The molecule has 0 aliphatic rings. The summed E-state index contributed by atoms with van der Waals surface area (Å²) in [5.74, 6) is -1.41. The van der Waals surface area contributed by atoms with Crippen molar-refractivity contribution in [3.63, 3.8) is 0 Å². The lowest BCUT2D eigenvalue weighted by Crippen LogP contribution is -2.36. The number of nitrogens with one attached hydrogen (secondary N) is 2. The minimum atomic E-state index is -1.03. The van der Waals surface area contributed by atoms with E-state index in [0.717, 1.165) is 5.56 Å². The summed E-state index contributed by atoms with van der Waals surface area (Å²) in [7, 11) is 0. The van der Waals surface area contributed by atoms with Crippen molar-refractivity contribution in [2.75, 3.05) is 10.6 Å². The molecule has 0 spiro atoms. The smallest absolute Gasteiger partial charge is 0.305 e. The second-order valence-electron chi connectivity index (χ2n) is 5.02. The highest BCUT2D eigenvalue weighted by Gasteiger charge is 2.21. The van der Waals surface area contributed by atoms with E-state index in [-0.39, 0.29) is 12.3 Å². The van der Waals surface area contributed by atoms with Crippen LogP contribution in [0.25, 0.3) is 0 Å². The Morgan fingerprint density at radius 1 is 1.00 bits per heavy atom. The van der Waals surface area contributed by atoms with Crippen LogP contribution >= 0.6 is 0 Å². The highest BCUT2D eigenvalue weighted by molar-refractivity contribution is 5.98. The van der Waals surface area contributed by atoms with Gasteiger partial charge >= 0.3 is 5.97 Å². The molecule has 0 saturated carbocycles. The van der Waals surface area contributed by atoms with E-state index < -0.39 is 12.0 Å². The normalized spacial score (nSPS) is 11.5. The zero-order valence-electron chi connectivity index (χ0n) is 12.2. The highest BCUT2D eigenvalue weighted by atomic mass is 16.4. The van der Waals surface area contributed by atoms with Gasteiger partial charge in [0.25, 0.3) is 0 Å². The van der Waals surface area contributed by atoms with Crippen molar-refractivity contribution in [2.24, 2.45) is 0 Å². The van der Waals surface area contributed by atoms with Gasteiger partial charge < -0.3 is 15.7 Å². The second-order valence-corrected chi connectivity index (χ2v) is 5.02. The Kier molecular flexibility index (Phi) is 5.14. The van der Waals surface area contributed by atoms with Gasteiger partial charge in [0.1, 0.15) is 6.04 Å². The summed E-state index contributed by atoms with van der Waals surface area (Å²) in [6.07, 6.45) is -0.299. The van der Waals surface area contributed by atoms with Crippen LogP contribution < -0.4 is 10.6 Å². The summed E-state index contributed by atoms with van der Waals surface area (Å²) in [6.45, 7) is 1.96. The first-order valence-corrected chi connectivity index (χ1v) is 6.95. The molecule has 1 unspecified atom stereocenters. The van der Waals surface area contributed by atoms with E-state index in [1.54, 1.807) is 24.3 Å². The fraction of sp³-hybridized carbons (Fsp3) is 0.176.